The molecule has 2 aromatic rings. The van der Waals surface area contributed by atoms with E-state index in [-0.39, 0.29) is 18.4 Å². The van der Waals surface area contributed by atoms with Crippen LogP contribution in [0.3, 0.4) is 0 Å². The van der Waals surface area contributed by atoms with Gasteiger partial charge in [0, 0.05) is 35.2 Å². The third-order valence-electron chi connectivity index (χ3n) is 4.68. The molecule has 0 radical (unpaired) electrons. The summed E-state index contributed by atoms with van der Waals surface area (Å²) in [6.45, 7) is -0.149. The first kappa shape index (κ1) is 17.7. The number of carbonyl (C=O) groups excluding carboxylic acids is 2. The number of anilines is 1. The van der Waals surface area contributed by atoms with Crippen LogP contribution in [0.4, 0.5) is 5.69 Å². The first-order valence-corrected chi connectivity index (χ1v) is 9.27. The molecule has 1 heterocycles. The summed E-state index contributed by atoms with van der Waals surface area (Å²) in [5.74, 6) is 0.110. The van der Waals surface area contributed by atoms with Crippen LogP contribution in [0.1, 0.15) is 36.0 Å². The molecule has 2 N–H and O–H groups in total. The van der Waals surface area contributed by atoms with E-state index in [2.05, 4.69) is 10.6 Å². The number of ether oxygens (including phenoxy) is 2. The average molecular weight is 387 g/mol. The maximum Gasteiger partial charge on any atom is 0.251 e. The summed E-state index contributed by atoms with van der Waals surface area (Å²) in [5.41, 5.74) is 0.995. The van der Waals surface area contributed by atoms with E-state index in [0.29, 0.717) is 27.8 Å². The highest BCUT2D eigenvalue weighted by Gasteiger charge is 2.44. The molecule has 1 saturated carbocycles. The zero-order valence-corrected chi connectivity index (χ0v) is 15.3. The van der Waals surface area contributed by atoms with Gasteiger partial charge >= 0.3 is 0 Å². The molecule has 1 spiro atoms. The normalized spacial score (nSPS) is 16.3. The van der Waals surface area contributed by atoms with Crippen LogP contribution in [0.5, 0.6) is 11.5 Å². The molecule has 2 aromatic carbocycles. The lowest BCUT2D eigenvalue weighted by Gasteiger charge is -2.21. The van der Waals surface area contributed by atoms with Crippen LogP contribution >= 0.6 is 11.6 Å². The molecule has 2 amide bonds. The Morgan fingerprint density at radius 3 is 2.59 bits per heavy atom. The monoisotopic (exact) mass is 386 g/mol. The number of hydrogen-bond donors (Lipinski definition) is 2. The number of fused-ring (bicyclic) bond motifs is 1. The molecule has 0 bridgehead atoms. The van der Waals surface area contributed by atoms with Gasteiger partial charge in [0.2, 0.25) is 5.91 Å². The molecule has 0 aromatic heterocycles. The predicted molar refractivity (Wildman–Crippen MR) is 101 cm³/mol. The summed E-state index contributed by atoms with van der Waals surface area (Å²) in [5, 5.41) is 5.79. The third-order valence-corrected chi connectivity index (χ3v) is 4.92. The van der Waals surface area contributed by atoms with Crippen molar-refractivity contribution in [1.29, 1.82) is 0 Å². The Hall–Kier alpha value is -2.73. The number of rotatable bonds is 4. The van der Waals surface area contributed by atoms with E-state index < -0.39 is 5.79 Å². The molecule has 1 aliphatic carbocycles. The van der Waals surface area contributed by atoms with E-state index in [1.807, 2.05) is 0 Å². The van der Waals surface area contributed by atoms with Gasteiger partial charge in [-0.3, -0.25) is 9.59 Å². The lowest BCUT2D eigenvalue weighted by atomic mass is 10.2. The van der Waals surface area contributed by atoms with E-state index in [1.54, 1.807) is 42.5 Å². The molecular weight excluding hydrogens is 368 g/mol. The SMILES string of the molecule is O=C(CNC(=O)c1cccc(Cl)c1)Nc1ccc2c(c1)OC1(CCCC1)O2. The molecule has 0 unspecified atom stereocenters. The summed E-state index contributed by atoms with van der Waals surface area (Å²) in [7, 11) is 0. The summed E-state index contributed by atoms with van der Waals surface area (Å²) < 4.78 is 11.9. The van der Waals surface area contributed by atoms with Crippen molar-refractivity contribution >= 4 is 29.1 Å². The number of benzene rings is 2. The molecule has 0 atom stereocenters. The van der Waals surface area contributed by atoms with Gasteiger partial charge in [0.05, 0.1) is 6.54 Å². The molecule has 140 valence electrons. The fraction of sp³-hybridized carbons (Fsp3) is 0.300. The quantitative estimate of drug-likeness (QED) is 0.839. The van der Waals surface area contributed by atoms with Crippen LogP contribution in [-0.2, 0) is 4.79 Å². The molecule has 6 nitrogen and oxygen atoms in total. The van der Waals surface area contributed by atoms with Crippen LogP contribution in [0.15, 0.2) is 42.5 Å². The number of halogens is 1. The van der Waals surface area contributed by atoms with Crippen molar-refractivity contribution in [2.75, 3.05) is 11.9 Å². The van der Waals surface area contributed by atoms with Crippen LogP contribution in [0, 0.1) is 0 Å². The Morgan fingerprint density at radius 2 is 1.81 bits per heavy atom. The van der Waals surface area contributed by atoms with E-state index in [1.165, 1.54) is 0 Å². The Kier molecular flexibility index (Phi) is 4.66. The van der Waals surface area contributed by atoms with Gasteiger partial charge in [0.25, 0.3) is 11.7 Å². The highest BCUT2D eigenvalue weighted by molar-refractivity contribution is 6.31. The smallest absolute Gasteiger partial charge is 0.251 e. The first-order valence-electron chi connectivity index (χ1n) is 8.89. The molecular formula is C20H19ClN2O4. The summed E-state index contributed by atoms with van der Waals surface area (Å²) in [6.07, 6.45) is 3.92. The van der Waals surface area contributed by atoms with Crippen molar-refractivity contribution in [2.45, 2.75) is 31.5 Å². The minimum atomic E-state index is -0.532. The fourth-order valence-corrected chi connectivity index (χ4v) is 3.58. The Balaban J connectivity index is 1.33. The molecule has 0 saturated heterocycles. The van der Waals surface area contributed by atoms with Gasteiger partial charge in [-0.2, -0.15) is 0 Å². The number of carbonyl (C=O) groups is 2. The standard InChI is InChI=1S/C20H19ClN2O4/c21-14-5-3-4-13(10-14)19(25)22-12-18(24)23-15-6-7-16-17(11-15)27-20(26-16)8-1-2-9-20/h3-7,10-11H,1-2,8-9,12H2,(H,22,25)(H,23,24). The van der Waals surface area contributed by atoms with Gasteiger partial charge in [-0.15, -0.1) is 0 Å². The number of nitrogens with one attached hydrogen (secondary N) is 2. The Bertz CT molecular complexity index is 893. The Labute approximate surface area is 161 Å². The largest absolute Gasteiger partial charge is 0.448 e. The zero-order chi connectivity index (χ0) is 18.9. The third kappa shape index (κ3) is 3.85. The van der Waals surface area contributed by atoms with Gasteiger partial charge < -0.3 is 20.1 Å². The second-order valence-electron chi connectivity index (χ2n) is 6.72. The minimum absolute atomic E-state index is 0.149. The minimum Gasteiger partial charge on any atom is -0.448 e. The maximum absolute atomic E-state index is 12.1. The van der Waals surface area contributed by atoms with Crippen LogP contribution < -0.4 is 20.1 Å². The van der Waals surface area contributed by atoms with Crippen molar-refractivity contribution in [2.24, 2.45) is 0 Å². The van der Waals surface area contributed by atoms with Gasteiger partial charge in [0.15, 0.2) is 11.5 Å². The summed E-state index contributed by atoms with van der Waals surface area (Å²) >= 11 is 5.87. The van der Waals surface area contributed by atoms with E-state index in [9.17, 15) is 9.59 Å². The molecule has 4 rings (SSSR count). The maximum atomic E-state index is 12.1. The van der Waals surface area contributed by atoms with Gasteiger partial charge in [-0.1, -0.05) is 17.7 Å². The molecule has 1 fully saturated rings. The first-order chi connectivity index (χ1) is 13.0. The molecule has 7 heteroatoms. The topological polar surface area (TPSA) is 76.7 Å². The lowest BCUT2D eigenvalue weighted by molar-refractivity contribution is -0.115. The average Bonchev–Trinajstić information content (AvgIpc) is 3.25. The Morgan fingerprint density at radius 1 is 1.04 bits per heavy atom. The highest BCUT2D eigenvalue weighted by atomic mass is 35.5. The second kappa shape index (κ2) is 7.12. The molecule has 27 heavy (non-hydrogen) atoms. The van der Waals surface area contributed by atoms with Crippen molar-refractivity contribution in [1.82, 2.24) is 5.32 Å². The summed E-state index contributed by atoms with van der Waals surface area (Å²) in [6, 6.07) is 11.8. The number of hydrogen-bond acceptors (Lipinski definition) is 4. The van der Waals surface area contributed by atoms with Gasteiger partial charge in [0.1, 0.15) is 0 Å². The fourth-order valence-electron chi connectivity index (χ4n) is 3.39. The highest BCUT2D eigenvalue weighted by Crippen LogP contribution is 2.47. The van der Waals surface area contributed by atoms with E-state index in [4.69, 9.17) is 21.1 Å². The lowest BCUT2D eigenvalue weighted by Crippen LogP contribution is -2.34. The van der Waals surface area contributed by atoms with Crippen molar-refractivity contribution < 1.29 is 19.1 Å². The molecule has 1 aliphatic heterocycles. The second-order valence-corrected chi connectivity index (χ2v) is 7.16. The van der Waals surface area contributed by atoms with Gasteiger partial charge in [-0.05, 0) is 43.2 Å². The number of amides is 2. The van der Waals surface area contributed by atoms with Crippen LogP contribution in [0.2, 0.25) is 5.02 Å². The van der Waals surface area contributed by atoms with E-state index >= 15 is 0 Å². The van der Waals surface area contributed by atoms with E-state index in [0.717, 1.165) is 25.7 Å². The predicted octanol–water partition coefficient (Wildman–Crippen LogP) is 3.75. The van der Waals surface area contributed by atoms with Crippen molar-refractivity contribution in [3.05, 3.63) is 53.1 Å². The molecule has 2 aliphatic rings. The van der Waals surface area contributed by atoms with Crippen molar-refractivity contribution in [3.8, 4) is 11.5 Å². The zero-order valence-electron chi connectivity index (χ0n) is 14.6. The van der Waals surface area contributed by atoms with Crippen molar-refractivity contribution in [3.63, 3.8) is 0 Å². The van der Waals surface area contributed by atoms with Crippen LogP contribution in [0.25, 0.3) is 0 Å². The van der Waals surface area contributed by atoms with Crippen LogP contribution in [-0.4, -0.2) is 24.1 Å². The van der Waals surface area contributed by atoms with Gasteiger partial charge in [-0.25, -0.2) is 0 Å². The summed E-state index contributed by atoms with van der Waals surface area (Å²) in [4.78, 5) is 24.2.